The summed E-state index contributed by atoms with van der Waals surface area (Å²) >= 11 is 1.71. The second-order valence-electron chi connectivity index (χ2n) is 7.62. The minimum absolute atomic E-state index is 0.0198. The standard InChI is InChI=1S/C22H34N4OS/c1-3-5-13-25(4-2)14-9-12-23-21(27)18-10-11-19-20(17-18)28-22(24-19)26-15-7-6-8-16-26/h10-11,17H,3-9,12-16H2,1-2H3,(H,23,27). The second-order valence-corrected chi connectivity index (χ2v) is 8.63. The first-order valence-corrected chi connectivity index (χ1v) is 11.7. The summed E-state index contributed by atoms with van der Waals surface area (Å²) < 4.78 is 1.10. The molecule has 154 valence electrons. The molecule has 0 spiro atoms. The van der Waals surface area contributed by atoms with Gasteiger partial charge in [0.05, 0.1) is 10.2 Å². The average Bonchev–Trinajstić information content (AvgIpc) is 3.17. The van der Waals surface area contributed by atoms with E-state index in [0.29, 0.717) is 0 Å². The van der Waals surface area contributed by atoms with Gasteiger partial charge >= 0.3 is 0 Å². The lowest BCUT2D eigenvalue weighted by Crippen LogP contribution is -2.30. The molecule has 0 atom stereocenters. The molecule has 1 N–H and O–H groups in total. The van der Waals surface area contributed by atoms with Crippen LogP contribution in [0.2, 0.25) is 0 Å². The average molecular weight is 403 g/mol. The molecule has 1 amide bonds. The van der Waals surface area contributed by atoms with Crippen LogP contribution < -0.4 is 10.2 Å². The Balaban J connectivity index is 1.52. The number of piperidine rings is 1. The highest BCUT2D eigenvalue weighted by atomic mass is 32.1. The first-order valence-electron chi connectivity index (χ1n) is 10.9. The van der Waals surface area contributed by atoms with Crippen molar-refractivity contribution in [2.45, 2.75) is 52.4 Å². The van der Waals surface area contributed by atoms with Gasteiger partial charge < -0.3 is 15.1 Å². The maximum atomic E-state index is 12.5. The van der Waals surface area contributed by atoms with Crippen LogP contribution in [0.3, 0.4) is 0 Å². The molecule has 1 saturated heterocycles. The molecule has 1 fully saturated rings. The smallest absolute Gasteiger partial charge is 0.251 e. The normalized spacial score (nSPS) is 14.8. The molecule has 1 aromatic heterocycles. The molecule has 0 saturated carbocycles. The van der Waals surface area contributed by atoms with Crippen LogP contribution in [0.4, 0.5) is 5.13 Å². The van der Waals surface area contributed by atoms with Gasteiger partial charge in [0, 0.05) is 25.2 Å². The largest absolute Gasteiger partial charge is 0.352 e. The third-order valence-corrected chi connectivity index (χ3v) is 6.56. The van der Waals surface area contributed by atoms with Crippen molar-refractivity contribution in [3.05, 3.63) is 23.8 Å². The number of fused-ring (bicyclic) bond motifs is 1. The van der Waals surface area contributed by atoms with Gasteiger partial charge in [0.2, 0.25) is 0 Å². The van der Waals surface area contributed by atoms with Crippen LogP contribution in [0.25, 0.3) is 10.2 Å². The number of unbranched alkanes of at least 4 members (excludes halogenated alkanes) is 1. The third kappa shape index (κ3) is 5.67. The Morgan fingerprint density at radius 2 is 1.96 bits per heavy atom. The molecule has 28 heavy (non-hydrogen) atoms. The summed E-state index contributed by atoms with van der Waals surface area (Å²) in [6, 6.07) is 5.88. The first-order chi connectivity index (χ1) is 13.7. The zero-order valence-electron chi connectivity index (χ0n) is 17.4. The van der Waals surface area contributed by atoms with Crippen molar-refractivity contribution in [2.24, 2.45) is 0 Å². The van der Waals surface area contributed by atoms with E-state index in [2.05, 4.69) is 29.0 Å². The quantitative estimate of drug-likeness (QED) is 0.593. The van der Waals surface area contributed by atoms with Crippen LogP contribution in [0, 0.1) is 0 Å². The minimum atomic E-state index is 0.0198. The summed E-state index contributed by atoms with van der Waals surface area (Å²) in [5.74, 6) is 0.0198. The number of carbonyl (C=O) groups is 1. The summed E-state index contributed by atoms with van der Waals surface area (Å²) in [4.78, 5) is 22.1. The van der Waals surface area contributed by atoms with E-state index >= 15 is 0 Å². The highest BCUT2D eigenvalue weighted by molar-refractivity contribution is 7.22. The van der Waals surface area contributed by atoms with E-state index in [9.17, 15) is 4.79 Å². The fourth-order valence-electron chi connectivity index (χ4n) is 3.69. The van der Waals surface area contributed by atoms with Gasteiger partial charge in [-0.25, -0.2) is 4.98 Å². The van der Waals surface area contributed by atoms with Crippen molar-refractivity contribution in [1.29, 1.82) is 0 Å². The van der Waals surface area contributed by atoms with E-state index < -0.39 is 0 Å². The molecule has 1 aliphatic heterocycles. The maximum absolute atomic E-state index is 12.5. The lowest BCUT2D eigenvalue weighted by Gasteiger charge is -2.25. The second kappa shape index (κ2) is 10.8. The van der Waals surface area contributed by atoms with Crippen molar-refractivity contribution in [3.63, 3.8) is 0 Å². The van der Waals surface area contributed by atoms with Gasteiger partial charge in [-0.2, -0.15) is 0 Å². The van der Waals surface area contributed by atoms with Crippen LogP contribution >= 0.6 is 11.3 Å². The van der Waals surface area contributed by atoms with Gasteiger partial charge in [-0.15, -0.1) is 0 Å². The summed E-state index contributed by atoms with van der Waals surface area (Å²) in [6.07, 6.45) is 7.28. The Hall–Kier alpha value is -1.66. The number of aromatic nitrogens is 1. The molecule has 0 aliphatic carbocycles. The lowest BCUT2D eigenvalue weighted by atomic mass is 10.1. The van der Waals surface area contributed by atoms with E-state index in [4.69, 9.17) is 4.98 Å². The van der Waals surface area contributed by atoms with Gasteiger partial charge in [0.15, 0.2) is 5.13 Å². The molecule has 0 unspecified atom stereocenters. The van der Waals surface area contributed by atoms with Gasteiger partial charge in [0.25, 0.3) is 5.91 Å². The molecule has 3 rings (SSSR count). The molecular weight excluding hydrogens is 368 g/mol. The van der Waals surface area contributed by atoms with E-state index in [1.165, 1.54) is 32.1 Å². The number of nitrogens with zero attached hydrogens (tertiary/aromatic N) is 3. The van der Waals surface area contributed by atoms with Crippen molar-refractivity contribution in [1.82, 2.24) is 15.2 Å². The molecule has 2 heterocycles. The number of benzene rings is 1. The number of carbonyl (C=O) groups excluding carboxylic acids is 1. The number of thiazole rings is 1. The van der Waals surface area contributed by atoms with Gasteiger partial charge in [-0.05, 0) is 69.9 Å². The fraction of sp³-hybridized carbons (Fsp3) is 0.636. The van der Waals surface area contributed by atoms with Gasteiger partial charge in [-0.1, -0.05) is 31.6 Å². The topological polar surface area (TPSA) is 48.5 Å². The predicted octanol–water partition coefficient (Wildman–Crippen LogP) is 4.53. The van der Waals surface area contributed by atoms with Crippen LogP contribution in [-0.4, -0.2) is 55.1 Å². The Morgan fingerprint density at radius 1 is 1.18 bits per heavy atom. The van der Waals surface area contributed by atoms with Crippen LogP contribution in [-0.2, 0) is 0 Å². The molecule has 1 aliphatic rings. The Kier molecular flexibility index (Phi) is 8.10. The monoisotopic (exact) mass is 402 g/mol. The number of nitrogens with one attached hydrogen (secondary N) is 1. The summed E-state index contributed by atoms with van der Waals surface area (Å²) in [7, 11) is 0. The van der Waals surface area contributed by atoms with Crippen molar-refractivity contribution >= 4 is 32.6 Å². The Morgan fingerprint density at radius 3 is 2.71 bits per heavy atom. The Labute approximate surface area is 173 Å². The lowest BCUT2D eigenvalue weighted by molar-refractivity contribution is 0.0952. The number of amides is 1. The molecule has 5 nitrogen and oxygen atoms in total. The van der Waals surface area contributed by atoms with E-state index in [-0.39, 0.29) is 5.91 Å². The molecule has 1 aromatic carbocycles. The number of hydrogen-bond acceptors (Lipinski definition) is 5. The molecule has 2 aromatic rings. The minimum Gasteiger partial charge on any atom is -0.352 e. The number of anilines is 1. The van der Waals surface area contributed by atoms with E-state index in [1.807, 2.05) is 18.2 Å². The molecular formula is C22H34N4OS. The highest BCUT2D eigenvalue weighted by Gasteiger charge is 2.16. The zero-order valence-corrected chi connectivity index (χ0v) is 18.2. The number of hydrogen-bond donors (Lipinski definition) is 1. The predicted molar refractivity (Wildman–Crippen MR) is 120 cm³/mol. The van der Waals surface area contributed by atoms with Crippen LogP contribution in [0.1, 0.15) is 62.7 Å². The van der Waals surface area contributed by atoms with Crippen molar-refractivity contribution in [2.75, 3.05) is 44.2 Å². The van der Waals surface area contributed by atoms with E-state index in [0.717, 1.165) is 66.6 Å². The summed E-state index contributed by atoms with van der Waals surface area (Å²) in [5.41, 5.74) is 1.73. The zero-order chi connectivity index (χ0) is 19.8. The van der Waals surface area contributed by atoms with E-state index in [1.54, 1.807) is 11.3 Å². The maximum Gasteiger partial charge on any atom is 0.251 e. The summed E-state index contributed by atoms with van der Waals surface area (Å²) in [5, 5.41) is 4.17. The van der Waals surface area contributed by atoms with Gasteiger partial charge in [0.1, 0.15) is 0 Å². The molecule has 0 bridgehead atoms. The summed E-state index contributed by atoms with van der Waals surface area (Å²) in [6.45, 7) is 10.6. The first kappa shape index (κ1) is 21.1. The van der Waals surface area contributed by atoms with Crippen LogP contribution in [0.15, 0.2) is 18.2 Å². The van der Waals surface area contributed by atoms with Gasteiger partial charge in [-0.3, -0.25) is 4.79 Å². The molecule has 0 radical (unpaired) electrons. The Bertz CT molecular complexity index is 754. The molecule has 6 heteroatoms. The SMILES string of the molecule is CCCCN(CC)CCCNC(=O)c1ccc2nc(N3CCCCC3)sc2c1. The fourth-order valence-corrected chi connectivity index (χ4v) is 4.75. The van der Waals surface area contributed by atoms with Crippen molar-refractivity contribution in [3.8, 4) is 0 Å². The van der Waals surface area contributed by atoms with Crippen LogP contribution in [0.5, 0.6) is 0 Å². The number of rotatable bonds is 10. The highest BCUT2D eigenvalue weighted by Crippen LogP contribution is 2.31. The third-order valence-electron chi connectivity index (χ3n) is 5.48. The van der Waals surface area contributed by atoms with Crippen molar-refractivity contribution < 1.29 is 4.79 Å².